The van der Waals surface area contributed by atoms with Crippen molar-refractivity contribution >= 4 is 21.9 Å². The SMILES string of the molecule is CCCCS(=O)(=O)N[C@@H](C)C(=O)OCC(=O)N[C@H]1CCCC[C@@H]1C. The lowest BCUT2D eigenvalue weighted by Crippen LogP contribution is -2.44. The first-order valence-electron chi connectivity index (χ1n) is 8.71. The minimum atomic E-state index is -3.51. The maximum atomic E-state index is 11.9. The molecule has 8 heteroatoms. The van der Waals surface area contributed by atoms with Gasteiger partial charge in [-0.2, -0.15) is 0 Å². The van der Waals surface area contributed by atoms with E-state index in [4.69, 9.17) is 4.74 Å². The van der Waals surface area contributed by atoms with Crippen LogP contribution in [0.25, 0.3) is 0 Å². The molecule has 0 aromatic carbocycles. The van der Waals surface area contributed by atoms with E-state index in [0.29, 0.717) is 12.3 Å². The molecule has 0 spiro atoms. The van der Waals surface area contributed by atoms with Crippen LogP contribution in [0.3, 0.4) is 0 Å². The summed E-state index contributed by atoms with van der Waals surface area (Å²) in [5, 5.41) is 2.88. The maximum Gasteiger partial charge on any atom is 0.324 e. The molecule has 0 radical (unpaired) electrons. The fourth-order valence-electron chi connectivity index (χ4n) is 2.75. The lowest BCUT2D eigenvalue weighted by molar-refractivity contribution is -0.150. The maximum absolute atomic E-state index is 11.9. The lowest BCUT2D eigenvalue weighted by atomic mass is 9.86. The van der Waals surface area contributed by atoms with Crippen molar-refractivity contribution in [2.75, 3.05) is 12.4 Å². The average molecular weight is 362 g/mol. The third-order valence-corrected chi connectivity index (χ3v) is 5.82. The highest BCUT2D eigenvalue weighted by atomic mass is 32.2. The molecule has 7 nitrogen and oxygen atoms in total. The second kappa shape index (κ2) is 9.98. The minimum absolute atomic E-state index is 0.0266. The highest BCUT2D eigenvalue weighted by Gasteiger charge is 2.25. The monoisotopic (exact) mass is 362 g/mol. The minimum Gasteiger partial charge on any atom is -0.454 e. The van der Waals surface area contributed by atoms with E-state index >= 15 is 0 Å². The van der Waals surface area contributed by atoms with Gasteiger partial charge < -0.3 is 10.1 Å². The van der Waals surface area contributed by atoms with Crippen LogP contribution in [0.4, 0.5) is 0 Å². The number of sulfonamides is 1. The van der Waals surface area contributed by atoms with Crippen LogP contribution in [0.1, 0.15) is 59.3 Å². The zero-order chi connectivity index (χ0) is 18.2. The summed E-state index contributed by atoms with van der Waals surface area (Å²) in [4.78, 5) is 23.7. The van der Waals surface area contributed by atoms with Crippen LogP contribution >= 0.6 is 0 Å². The summed E-state index contributed by atoms with van der Waals surface area (Å²) in [5.74, 6) is -0.700. The molecule has 0 bridgehead atoms. The van der Waals surface area contributed by atoms with Crippen molar-refractivity contribution in [3.63, 3.8) is 0 Å². The van der Waals surface area contributed by atoms with Crippen molar-refractivity contribution in [3.8, 4) is 0 Å². The molecule has 3 atom stereocenters. The van der Waals surface area contributed by atoms with Crippen molar-refractivity contribution in [3.05, 3.63) is 0 Å². The first-order chi connectivity index (χ1) is 11.2. The predicted octanol–water partition coefficient (Wildman–Crippen LogP) is 1.33. The largest absolute Gasteiger partial charge is 0.454 e. The Morgan fingerprint density at radius 2 is 1.92 bits per heavy atom. The lowest BCUT2D eigenvalue weighted by Gasteiger charge is -2.29. The molecule has 0 unspecified atom stereocenters. The van der Waals surface area contributed by atoms with Gasteiger partial charge in [-0.25, -0.2) is 13.1 Å². The zero-order valence-corrected chi connectivity index (χ0v) is 15.7. The van der Waals surface area contributed by atoms with Crippen LogP contribution in [-0.4, -0.2) is 44.7 Å². The predicted molar refractivity (Wildman–Crippen MR) is 91.8 cm³/mol. The molecule has 140 valence electrons. The van der Waals surface area contributed by atoms with Gasteiger partial charge in [0.1, 0.15) is 6.04 Å². The quantitative estimate of drug-likeness (QED) is 0.603. The molecule has 1 rings (SSSR count). The molecule has 1 saturated carbocycles. The molecule has 0 aliphatic heterocycles. The van der Waals surface area contributed by atoms with Gasteiger partial charge in [0.2, 0.25) is 10.0 Å². The van der Waals surface area contributed by atoms with Crippen LogP contribution in [0.15, 0.2) is 0 Å². The second-order valence-corrected chi connectivity index (χ2v) is 8.43. The van der Waals surface area contributed by atoms with E-state index in [0.717, 1.165) is 25.7 Å². The number of amides is 1. The fourth-order valence-corrected chi connectivity index (χ4v) is 4.17. The first-order valence-corrected chi connectivity index (χ1v) is 10.4. The topological polar surface area (TPSA) is 102 Å². The molecule has 0 aromatic heterocycles. The highest BCUT2D eigenvalue weighted by molar-refractivity contribution is 7.89. The molecular weight excluding hydrogens is 332 g/mol. The van der Waals surface area contributed by atoms with Gasteiger partial charge in [-0.05, 0) is 32.1 Å². The third kappa shape index (κ3) is 7.61. The van der Waals surface area contributed by atoms with E-state index in [1.54, 1.807) is 0 Å². The summed E-state index contributed by atoms with van der Waals surface area (Å²) in [7, 11) is -3.51. The van der Waals surface area contributed by atoms with Gasteiger partial charge in [0, 0.05) is 6.04 Å². The summed E-state index contributed by atoms with van der Waals surface area (Å²) in [6.07, 6.45) is 5.57. The summed E-state index contributed by atoms with van der Waals surface area (Å²) in [5.41, 5.74) is 0. The third-order valence-electron chi connectivity index (χ3n) is 4.28. The Kier molecular flexibility index (Phi) is 8.69. The van der Waals surface area contributed by atoms with Crippen molar-refractivity contribution in [1.82, 2.24) is 10.0 Å². The van der Waals surface area contributed by atoms with Gasteiger partial charge in [0.15, 0.2) is 6.61 Å². The van der Waals surface area contributed by atoms with Crippen LogP contribution < -0.4 is 10.0 Å². The standard InChI is InChI=1S/C16H30N2O5S/c1-4-5-10-24(21,22)18-13(3)16(20)23-11-15(19)17-14-9-7-6-8-12(14)2/h12-14,18H,4-11H2,1-3H3,(H,17,19)/t12-,13-,14-/m0/s1. The Labute approximate surface area is 145 Å². The van der Waals surface area contributed by atoms with Gasteiger partial charge >= 0.3 is 5.97 Å². The molecule has 1 fully saturated rings. The van der Waals surface area contributed by atoms with Gasteiger partial charge in [0.05, 0.1) is 5.75 Å². The number of hydrogen-bond donors (Lipinski definition) is 2. The molecule has 1 aliphatic rings. The Morgan fingerprint density at radius 3 is 2.54 bits per heavy atom. The van der Waals surface area contributed by atoms with Gasteiger partial charge in [-0.15, -0.1) is 0 Å². The Hall–Kier alpha value is -1.15. The normalized spacial score (nSPS) is 22.6. The summed E-state index contributed by atoms with van der Waals surface area (Å²) >= 11 is 0. The average Bonchev–Trinajstić information content (AvgIpc) is 2.52. The number of esters is 1. The van der Waals surface area contributed by atoms with Crippen LogP contribution in [0.2, 0.25) is 0 Å². The number of hydrogen-bond acceptors (Lipinski definition) is 5. The van der Waals surface area contributed by atoms with Gasteiger partial charge in [0.25, 0.3) is 5.91 Å². The smallest absolute Gasteiger partial charge is 0.324 e. The van der Waals surface area contributed by atoms with E-state index in [2.05, 4.69) is 17.0 Å². The van der Waals surface area contributed by atoms with E-state index in [9.17, 15) is 18.0 Å². The highest BCUT2D eigenvalue weighted by Crippen LogP contribution is 2.23. The molecule has 0 saturated heterocycles. The number of rotatable bonds is 9. The summed E-state index contributed by atoms with van der Waals surface area (Å²) in [6.45, 7) is 5.01. The Balaban J connectivity index is 2.34. The molecule has 1 amide bonds. The van der Waals surface area contributed by atoms with Gasteiger partial charge in [-0.1, -0.05) is 33.1 Å². The van der Waals surface area contributed by atoms with Gasteiger partial charge in [-0.3, -0.25) is 9.59 Å². The number of carbonyl (C=O) groups is 2. The van der Waals surface area contributed by atoms with E-state index < -0.39 is 22.0 Å². The molecule has 2 N–H and O–H groups in total. The molecule has 0 heterocycles. The Morgan fingerprint density at radius 1 is 1.25 bits per heavy atom. The summed E-state index contributed by atoms with van der Waals surface area (Å²) in [6, 6.07) is -0.886. The number of ether oxygens (including phenoxy) is 1. The van der Waals surface area contributed by atoms with Crippen molar-refractivity contribution in [2.45, 2.75) is 71.4 Å². The van der Waals surface area contributed by atoms with E-state index in [-0.39, 0.29) is 24.3 Å². The van der Waals surface area contributed by atoms with Crippen LogP contribution in [0, 0.1) is 5.92 Å². The molecule has 0 aromatic rings. The zero-order valence-electron chi connectivity index (χ0n) is 14.8. The van der Waals surface area contributed by atoms with Crippen LogP contribution in [0.5, 0.6) is 0 Å². The number of carbonyl (C=O) groups excluding carboxylic acids is 2. The van der Waals surface area contributed by atoms with Crippen molar-refractivity contribution < 1.29 is 22.7 Å². The molecule has 24 heavy (non-hydrogen) atoms. The summed E-state index contributed by atoms with van der Waals surface area (Å²) < 4.78 is 30.7. The van der Waals surface area contributed by atoms with Crippen molar-refractivity contribution in [1.29, 1.82) is 0 Å². The molecular formula is C16H30N2O5S. The first kappa shape index (κ1) is 20.9. The fraction of sp³-hybridized carbons (Fsp3) is 0.875. The second-order valence-electron chi connectivity index (χ2n) is 6.56. The number of unbranched alkanes of at least 4 members (excludes halogenated alkanes) is 1. The Bertz CT molecular complexity index is 521. The molecule has 1 aliphatic carbocycles. The van der Waals surface area contributed by atoms with Crippen LogP contribution in [-0.2, 0) is 24.3 Å². The number of nitrogens with one attached hydrogen (secondary N) is 2. The van der Waals surface area contributed by atoms with E-state index in [1.165, 1.54) is 13.3 Å². The van der Waals surface area contributed by atoms with Crippen molar-refractivity contribution in [2.24, 2.45) is 5.92 Å². The van der Waals surface area contributed by atoms with E-state index in [1.807, 2.05) is 6.92 Å².